The van der Waals surface area contributed by atoms with E-state index in [9.17, 15) is 19.5 Å². The molecule has 2 aromatic rings. The number of aliphatic hydroxyl groups is 1. The van der Waals surface area contributed by atoms with Gasteiger partial charge in [-0.15, -0.1) is 0 Å². The minimum atomic E-state index is -0.743. The molecule has 7 nitrogen and oxygen atoms in total. The first-order chi connectivity index (χ1) is 15.9. The number of carbonyl (C=O) groups excluding carboxylic acids is 3. The molecule has 172 valence electrons. The van der Waals surface area contributed by atoms with E-state index >= 15 is 0 Å². The van der Waals surface area contributed by atoms with E-state index < -0.39 is 11.6 Å². The Morgan fingerprint density at radius 1 is 1.03 bits per heavy atom. The maximum absolute atomic E-state index is 12.8. The summed E-state index contributed by atoms with van der Waals surface area (Å²) in [6, 6.07) is 15.5. The lowest BCUT2D eigenvalue weighted by atomic mass is 9.78. The van der Waals surface area contributed by atoms with Crippen molar-refractivity contribution in [3.8, 4) is 0 Å². The van der Waals surface area contributed by atoms with Gasteiger partial charge in [0, 0.05) is 31.1 Å². The van der Waals surface area contributed by atoms with E-state index in [1.165, 1.54) is 0 Å². The van der Waals surface area contributed by atoms with Crippen molar-refractivity contribution in [2.24, 2.45) is 0 Å². The van der Waals surface area contributed by atoms with Gasteiger partial charge in [0.05, 0.1) is 5.60 Å². The summed E-state index contributed by atoms with van der Waals surface area (Å²) in [7, 11) is 0. The summed E-state index contributed by atoms with van der Waals surface area (Å²) in [6.07, 6.45) is 3.89. The number of benzene rings is 2. The average molecular weight is 448 g/mol. The molecule has 7 heteroatoms. The van der Waals surface area contributed by atoms with Crippen molar-refractivity contribution in [2.75, 3.05) is 0 Å². The Morgan fingerprint density at radius 3 is 2.52 bits per heavy atom. The van der Waals surface area contributed by atoms with Crippen LogP contribution in [0.5, 0.6) is 0 Å². The van der Waals surface area contributed by atoms with Crippen LogP contribution < -0.4 is 10.6 Å². The predicted molar refractivity (Wildman–Crippen MR) is 122 cm³/mol. The molecule has 5 rings (SSSR count). The zero-order chi connectivity index (χ0) is 23.0. The van der Waals surface area contributed by atoms with E-state index in [0.29, 0.717) is 31.1 Å². The second-order valence-corrected chi connectivity index (χ2v) is 9.44. The van der Waals surface area contributed by atoms with Gasteiger partial charge in [-0.05, 0) is 54.9 Å². The monoisotopic (exact) mass is 447 g/mol. The molecule has 3 aliphatic rings. The van der Waals surface area contributed by atoms with Gasteiger partial charge in [-0.25, -0.2) is 0 Å². The molecule has 3 amide bonds. The third-order valence-corrected chi connectivity index (χ3v) is 7.31. The van der Waals surface area contributed by atoms with E-state index in [1.54, 1.807) is 4.90 Å². The SMILES string of the molecule is O=C1CCC(N2Cc3cc(CNC4CCC(O)(c5ccccc5)CC4)ccc3C2=O)C(=O)N1. The van der Waals surface area contributed by atoms with Crippen LogP contribution in [0.15, 0.2) is 48.5 Å². The molecule has 1 saturated carbocycles. The van der Waals surface area contributed by atoms with Crippen molar-refractivity contribution < 1.29 is 19.5 Å². The van der Waals surface area contributed by atoms with Gasteiger partial charge in [-0.2, -0.15) is 0 Å². The Bertz CT molecular complexity index is 1080. The molecular formula is C26H29N3O4. The molecule has 1 atom stereocenters. The summed E-state index contributed by atoms with van der Waals surface area (Å²) in [5.41, 5.74) is 2.90. The Kier molecular flexibility index (Phi) is 5.76. The molecule has 1 unspecified atom stereocenters. The summed E-state index contributed by atoms with van der Waals surface area (Å²) in [5.74, 6) is -0.813. The van der Waals surface area contributed by atoms with Gasteiger partial charge in [0.1, 0.15) is 6.04 Å². The lowest BCUT2D eigenvalue weighted by Gasteiger charge is -2.37. The second-order valence-electron chi connectivity index (χ2n) is 9.44. The van der Waals surface area contributed by atoms with Crippen molar-refractivity contribution >= 4 is 17.7 Å². The molecule has 3 N–H and O–H groups in total. The minimum Gasteiger partial charge on any atom is -0.385 e. The summed E-state index contributed by atoms with van der Waals surface area (Å²) in [4.78, 5) is 38.1. The van der Waals surface area contributed by atoms with Crippen LogP contribution in [0.2, 0.25) is 0 Å². The number of nitrogens with zero attached hydrogens (tertiary/aromatic N) is 1. The maximum atomic E-state index is 12.8. The van der Waals surface area contributed by atoms with Crippen LogP contribution in [0, 0.1) is 0 Å². The van der Waals surface area contributed by atoms with Crippen molar-refractivity contribution in [3.63, 3.8) is 0 Å². The Balaban J connectivity index is 1.18. The highest BCUT2D eigenvalue weighted by molar-refractivity contribution is 6.05. The van der Waals surface area contributed by atoms with E-state index in [-0.39, 0.29) is 24.1 Å². The van der Waals surface area contributed by atoms with Gasteiger partial charge in [-0.1, -0.05) is 42.5 Å². The lowest BCUT2D eigenvalue weighted by Crippen LogP contribution is -2.52. The maximum Gasteiger partial charge on any atom is 0.255 e. The highest BCUT2D eigenvalue weighted by atomic mass is 16.3. The Labute approximate surface area is 193 Å². The molecule has 1 aliphatic carbocycles. The molecule has 0 bridgehead atoms. The molecule has 1 saturated heterocycles. The first kappa shape index (κ1) is 21.8. The first-order valence-corrected chi connectivity index (χ1v) is 11.7. The number of hydrogen-bond donors (Lipinski definition) is 3. The second kappa shape index (κ2) is 8.72. The average Bonchev–Trinajstić information content (AvgIpc) is 3.15. The Hall–Kier alpha value is -3.03. The van der Waals surface area contributed by atoms with Crippen molar-refractivity contribution in [3.05, 3.63) is 70.8 Å². The van der Waals surface area contributed by atoms with Gasteiger partial charge in [0.25, 0.3) is 5.91 Å². The number of piperidine rings is 1. The fourth-order valence-corrected chi connectivity index (χ4v) is 5.34. The number of fused-ring (bicyclic) bond motifs is 1. The molecule has 0 aromatic heterocycles. The molecule has 33 heavy (non-hydrogen) atoms. The predicted octanol–water partition coefficient (Wildman–Crippen LogP) is 2.37. The zero-order valence-corrected chi connectivity index (χ0v) is 18.5. The van der Waals surface area contributed by atoms with Crippen LogP contribution in [0.3, 0.4) is 0 Å². The first-order valence-electron chi connectivity index (χ1n) is 11.7. The van der Waals surface area contributed by atoms with Crippen LogP contribution in [0.4, 0.5) is 0 Å². The summed E-state index contributed by atoms with van der Waals surface area (Å²) >= 11 is 0. The number of imide groups is 1. The lowest BCUT2D eigenvalue weighted by molar-refractivity contribution is -0.136. The van der Waals surface area contributed by atoms with Crippen LogP contribution in [-0.4, -0.2) is 39.8 Å². The van der Waals surface area contributed by atoms with Gasteiger partial charge in [0.15, 0.2) is 0 Å². The highest BCUT2D eigenvalue weighted by Crippen LogP contribution is 2.37. The molecule has 2 aliphatic heterocycles. The quantitative estimate of drug-likeness (QED) is 0.612. The van der Waals surface area contributed by atoms with Crippen molar-refractivity contribution in [2.45, 2.75) is 69.3 Å². The fraction of sp³-hybridized carbons (Fsp3) is 0.423. The van der Waals surface area contributed by atoms with E-state index in [2.05, 4.69) is 10.6 Å². The number of carbonyl (C=O) groups is 3. The van der Waals surface area contributed by atoms with Crippen LogP contribution >= 0.6 is 0 Å². The standard InChI is InChI=1S/C26H29N3O4/c30-23-9-8-22(24(31)28-23)29-16-18-14-17(6-7-21(18)25(29)32)15-27-20-10-12-26(33,13-11-20)19-4-2-1-3-5-19/h1-7,14,20,22,27,33H,8-13,15-16H2,(H,28,30,31). The molecular weight excluding hydrogens is 418 g/mol. The Morgan fingerprint density at radius 2 is 1.79 bits per heavy atom. The largest absolute Gasteiger partial charge is 0.385 e. The normalized spacial score (nSPS) is 27.4. The number of amides is 3. The van der Waals surface area contributed by atoms with Gasteiger partial charge >= 0.3 is 0 Å². The number of nitrogens with one attached hydrogen (secondary N) is 2. The van der Waals surface area contributed by atoms with Crippen LogP contribution in [0.25, 0.3) is 0 Å². The highest BCUT2D eigenvalue weighted by Gasteiger charge is 2.39. The third-order valence-electron chi connectivity index (χ3n) is 7.31. The molecule has 2 aromatic carbocycles. The van der Waals surface area contributed by atoms with Crippen molar-refractivity contribution in [1.29, 1.82) is 0 Å². The van der Waals surface area contributed by atoms with E-state index in [4.69, 9.17) is 0 Å². The van der Waals surface area contributed by atoms with E-state index in [1.807, 2.05) is 48.5 Å². The van der Waals surface area contributed by atoms with Gasteiger partial charge in [0.2, 0.25) is 11.8 Å². The van der Waals surface area contributed by atoms with Crippen LogP contribution in [0.1, 0.15) is 65.6 Å². The number of rotatable bonds is 5. The van der Waals surface area contributed by atoms with Gasteiger partial charge in [-0.3, -0.25) is 19.7 Å². The zero-order valence-electron chi connectivity index (χ0n) is 18.5. The third kappa shape index (κ3) is 4.30. The van der Waals surface area contributed by atoms with Crippen molar-refractivity contribution in [1.82, 2.24) is 15.5 Å². The summed E-state index contributed by atoms with van der Waals surface area (Å²) in [6.45, 7) is 1.08. The molecule has 2 fully saturated rings. The molecule has 2 heterocycles. The number of hydrogen-bond acceptors (Lipinski definition) is 5. The summed E-state index contributed by atoms with van der Waals surface area (Å²) in [5, 5.41) is 17.0. The van der Waals surface area contributed by atoms with Gasteiger partial charge < -0.3 is 15.3 Å². The molecule has 0 radical (unpaired) electrons. The smallest absolute Gasteiger partial charge is 0.255 e. The van der Waals surface area contributed by atoms with E-state index in [0.717, 1.165) is 42.4 Å². The fourth-order valence-electron chi connectivity index (χ4n) is 5.34. The summed E-state index contributed by atoms with van der Waals surface area (Å²) < 4.78 is 0. The van der Waals surface area contributed by atoms with Crippen LogP contribution in [-0.2, 0) is 28.3 Å². The topological polar surface area (TPSA) is 98.7 Å². The molecule has 0 spiro atoms. The minimum absolute atomic E-state index is 0.147.